The fourth-order valence-corrected chi connectivity index (χ4v) is 10.9. The highest BCUT2D eigenvalue weighted by Gasteiger charge is 2.54. The zero-order valence-electron chi connectivity index (χ0n) is 37.7. The summed E-state index contributed by atoms with van der Waals surface area (Å²) < 4.78 is 25.1. The van der Waals surface area contributed by atoms with Crippen LogP contribution in [0.1, 0.15) is 27.8 Å². The smallest absolute Gasteiger partial charge is 0.159 e. The van der Waals surface area contributed by atoms with Gasteiger partial charge in [0.15, 0.2) is 5.82 Å². The van der Waals surface area contributed by atoms with E-state index in [2.05, 4.69) is 138 Å². The highest BCUT2D eigenvalue weighted by molar-refractivity contribution is 6.55. The van der Waals surface area contributed by atoms with Crippen LogP contribution in [0.4, 0.5) is 0 Å². The molecule has 0 N–H and O–H groups in total. The highest BCUT2D eigenvalue weighted by Crippen LogP contribution is 2.61. The van der Waals surface area contributed by atoms with Crippen LogP contribution in [-0.2, 0) is 5.54 Å². The first-order valence-electron chi connectivity index (χ1n) is 22.6. The number of aliphatic imine (C=N–C) groups is 2. The van der Waals surface area contributed by atoms with Crippen molar-refractivity contribution in [3.05, 3.63) is 215 Å². The van der Waals surface area contributed by atoms with Crippen molar-refractivity contribution < 1.29 is 18.9 Å². The van der Waals surface area contributed by atoms with Gasteiger partial charge in [-0.15, -0.1) is 0 Å². The van der Waals surface area contributed by atoms with Crippen LogP contribution in [0.2, 0.25) is 0 Å². The van der Waals surface area contributed by atoms with Crippen molar-refractivity contribution in [2.24, 2.45) is 9.98 Å². The minimum Gasteiger partial charge on any atom is -0.497 e. The third-order valence-electron chi connectivity index (χ3n) is 14.0. The molecule has 2 aliphatic heterocycles. The summed E-state index contributed by atoms with van der Waals surface area (Å²) in [6.45, 7) is 0. The van der Waals surface area contributed by atoms with Crippen LogP contribution < -0.4 is 18.9 Å². The molecule has 1 aliphatic carbocycles. The normalized spacial score (nSPS) is 15.8. The minimum atomic E-state index is -1.05. The van der Waals surface area contributed by atoms with E-state index >= 15 is 0 Å². The number of ether oxygens (including phenoxy) is 4. The Kier molecular flexibility index (Phi) is 8.82. The number of allylic oxidation sites excluding steroid dienone is 2. The second-order valence-electron chi connectivity index (χ2n) is 17.3. The maximum Gasteiger partial charge on any atom is 0.159 e. The Morgan fingerprint density at radius 2 is 1.00 bits per heavy atom. The van der Waals surface area contributed by atoms with Gasteiger partial charge in [0.05, 0.1) is 51.3 Å². The average molecular weight is 883 g/mol. The van der Waals surface area contributed by atoms with E-state index in [1.165, 1.54) is 21.5 Å². The molecule has 8 nitrogen and oxygen atoms in total. The fourth-order valence-electron chi connectivity index (χ4n) is 10.9. The number of imidazole rings is 1. The number of methoxy groups -OCH3 is 4. The van der Waals surface area contributed by atoms with Crippen molar-refractivity contribution in [3.63, 3.8) is 0 Å². The van der Waals surface area contributed by atoms with Crippen LogP contribution in [0.3, 0.4) is 0 Å². The standard InChI is InChI=1S/C60H42N4O4/c1-65-43-24-14-38(15-25-43)54-55(39-16-26-44(66-2)27-17-39)62-58(61-54)50-33-23-35-8-5-6-11-49(35)60(50)53-47-32-22-37-10-7-9-36-12-13-42(52(47)51(36)37)34-48(53)59-63-56(40-18-28-45(67-3)29-19-40)57(64(59)60)41-20-30-46(68-4)31-21-41/h5-34H,1-4H3. The summed E-state index contributed by atoms with van der Waals surface area (Å²) >= 11 is 0. The first kappa shape index (κ1) is 39.6. The Labute approximate surface area is 392 Å². The maximum absolute atomic E-state index is 5.80. The Morgan fingerprint density at radius 3 is 1.59 bits per heavy atom. The summed E-state index contributed by atoms with van der Waals surface area (Å²) in [5, 5.41) is 7.17. The Balaban J connectivity index is 1.22. The van der Waals surface area contributed by atoms with Gasteiger partial charge in [0.1, 0.15) is 34.4 Å². The number of fused-ring (bicyclic) bond motifs is 8. The topological polar surface area (TPSA) is 79.5 Å². The molecule has 0 saturated carbocycles. The highest BCUT2D eigenvalue weighted by atomic mass is 16.5. The van der Waals surface area contributed by atoms with E-state index in [9.17, 15) is 0 Å². The molecule has 68 heavy (non-hydrogen) atoms. The first-order valence-corrected chi connectivity index (χ1v) is 22.6. The van der Waals surface area contributed by atoms with Crippen molar-refractivity contribution in [2.45, 2.75) is 5.54 Å². The van der Waals surface area contributed by atoms with Crippen LogP contribution in [0.15, 0.2) is 197 Å². The van der Waals surface area contributed by atoms with E-state index < -0.39 is 5.54 Å². The lowest BCUT2D eigenvalue weighted by atomic mass is 9.69. The molecule has 13 rings (SSSR count). The van der Waals surface area contributed by atoms with Gasteiger partial charge in [-0.3, -0.25) is 0 Å². The van der Waals surface area contributed by atoms with Gasteiger partial charge >= 0.3 is 0 Å². The SMILES string of the molecule is COc1ccc(C2=NC(=C3C=Cc4ccccc4C34c3c(cc5ccc6cccc7ccc3c5c67)-c3nc(-c5ccc(OC)cc5)c(-c5ccc(OC)cc5)n34)N=C2c2ccc(OC)cc2)cc1. The lowest BCUT2D eigenvalue weighted by Gasteiger charge is -2.40. The molecule has 1 aromatic heterocycles. The van der Waals surface area contributed by atoms with E-state index in [1.54, 1.807) is 28.4 Å². The molecule has 0 fully saturated rings. The quantitative estimate of drug-likeness (QED) is 0.142. The lowest BCUT2D eigenvalue weighted by molar-refractivity contribution is 0.414. The molecule has 1 spiro atoms. The van der Waals surface area contributed by atoms with Gasteiger partial charge in [0, 0.05) is 39.0 Å². The van der Waals surface area contributed by atoms with Gasteiger partial charge in [-0.25, -0.2) is 15.0 Å². The molecule has 0 amide bonds. The van der Waals surface area contributed by atoms with Gasteiger partial charge in [0.2, 0.25) is 0 Å². The third kappa shape index (κ3) is 5.64. The van der Waals surface area contributed by atoms with E-state index in [4.69, 9.17) is 33.9 Å². The molecule has 9 aromatic carbocycles. The Bertz CT molecular complexity index is 3720. The molecule has 10 aromatic rings. The number of aromatic nitrogens is 2. The molecule has 3 aliphatic rings. The number of nitrogens with zero attached hydrogens (tertiary/aromatic N) is 4. The van der Waals surface area contributed by atoms with Gasteiger partial charge in [-0.05, 0) is 147 Å². The monoisotopic (exact) mass is 882 g/mol. The Morgan fingerprint density at radius 1 is 0.471 bits per heavy atom. The molecular formula is C60H42N4O4. The van der Waals surface area contributed by atoms with Crippen LogP contribution >= 0.6 is 0 Å². The van der Waals surface area contributed by atoms with Crippen molar-refractivity contribution >= 4 is 49.8 Å². The van der Waals surface area contributed by atoms with Gasteiger partial charge in [0.25, 0.3) is 0 Å². The molecule has 3 heterocycles. The molecule has 0 saturated heterocycles. The number of rotatable bonds is 8. The molecule has 0 bridgehead atoms. The van der Waals surface area contributed by atoms with Crippen LogP contribution in [0, 0.1) is 0 Å². The summed E-state index contributed by atoms with van der Waals surface area (Å²) in [5.74, 6) is 4.52. The summed E-state index contributed by atoms with van der Waals surface area (Å²) in [4.78, 5) is 17.1. The van der Waals surface area contributed by atoms with Crippen LogP contribution in [0.25, 0.3) is 72.3 Å². The second-order valence-corrected chi connectivity index (χ2v) is 17.3. The molecule has 8 heteroatoms. The minimum absolute atomic E-state index is 0.609. The second kappa shape index (κ2) is 15.2. The van der Waals surface area contributed by atoms with Gasteiger partial charge in [-0.2, -0.15) is 0 Å². The molecular weight excluding hydrogens is 841 g/mol. The summed E-state index contributed by atoms with van der Waals surface area (Å²) in [7, 11) is 6.76. The number of benzene rings is 9. The predicted molar refractivity (Wildman–Crippen MR) is 273 cm³/mol. The van der Waals surface area contributed by atoms with E-state index in [1.807, 2.05) is 48.5 Å². The van der Waals surface area contributed by atoms with Crippen molar-refractivity contribution in [2.75, 3.05) is 28.4 Å². The fraction of sp³-hybridized carbons (Fsp3) is 0.0833. The molecule has 1 unspecified atom stereocenters. The van der Waals surface area contributed by atoms with Gasteiger partial charge < -0.3 is 23.5 Å². The van der Waals surface area contributed by atoms with Crippen LogP contribution in [-0.4, -0.2) is 49.4 Å². The van der Waals surface area contributed by atoms with Crippen molar-refractivity contribution in [1.82, 2.24) is 9.55 Å². The zero-order chi connectivity index (χ0) is 45.7. The van der Waals surface area contributed by atoms with E-state index in [0.29, 0.717) is 5.82 Å². The van der Waals surface area contributed by atoms with E-state index in [0.717, 1.165) is 112 Å². The Hall–Kier alpha value is -8.75. The van der Waals surface area contributed by atoms with E-state index in [-0.39, 0.29) is 0 Å². The van der Waals surface area contributed by atoms with Gasteiger partial charge in [-0.1, -0.05) is 78.9 Å². The molecule has 0 radical (unpaired) electrons. The van der Waals surface area contributed by atoms with Crippen molar-refractivity contribution in [1.29, 1.82) is 0 Å². The van der Waals surface area contributed by atoms with Crippen LogP contribution in [0.5, 0.6) is 23.0 Å². The summed E-state index contributed by atoms with van der Waals surface area (Å²) in [6.07, 6.45) is 4.46. The summed E-state index contributed by atoms with van der Waals surface area (Å²) in [6, 6.07) is 59.4. The first-order chi connectivity index (χ1) is 33.5. The molecule has 326 valence electrons. The largest absolute Gasteiger partial charge is 0.497 e. The zero-order valence-corrected chi connectivity index (χ0v) is 37.7. The molecule has 1 atom stereocenters. The number of hydrogen-bond acceptors (Lipinski definition) is 7. The number of hydrogen-bond donors (Lipinski definition) is 0. The predicted octanol–water partition coefficient (Wildman–Crippen LogP) is 13.2. The average Bonchev–Trinajstić information content (AvgIpc) is 4.10. The van der Waals surface area contributed by atoms with Crippen molar-refractivity contribution in [3.8, 4) is 56.9 Å². The maximum atomic E-state index is 5.80. The lowest BCUT2D eigenvalue weighted by Crippen LogP contribution is -2.38. The summed E-state index contributed by atoms with van der Waals surface area (Å²) in [5.41, 5.74) is 11.4. The third-order valence-corrected chi connectivity index (χ3v) is 14.0.